The number of nitrogens with zero attached hydrogens (tertiary/aromatic N) is 1. The van der Waals surface area contributed by atoms with E-state index in [1.165, 1.54) is 12.1 Å². The number of rotatable bonds is 5. The highest BCUT2D eigenvalue weighted by Crippen LogP contribution is 2.41. The van der Waals surface area contributed by atoms with Gasteiger partial charge in [0.05, 0.1) is 6.04 Å². The highest BCUT2D eigenvalue weighted by Gasteiger charge is 2.37. The number of hydrogen-bond donors (Lipinski definition) is 1. The van der Waals surface area contributed by atoms with Gasteiger partial charge in [-0.1, -0.05) is 12.1 Å². The summed E-state index contributed by atoms with van der Waals surface area (Å²) in [4.78, 5) is 14.3. The first-order valence-corrected chi connectivity index (χ1v) is 7.51. The van der Waals surface area contributed by atoms with Crippen molar-refractivity contribution < 1.29 is 9.18 Å². The Morgan fingerprint density at radius 2 is 1.95 bits per heavy atom. The minimum absolute atomic E-state index is 0.0240. The molecule has 0 heterocycles. The average molecular weight is 276 g/mol. The molecule has 2 aliphatic rings. The molecular formula is C16H21FN2O. The molecule has 0 aliphatic heterocycles. The molecule has 2 aliphatic carbocycles. The summed E-state index contributed by atoms with van der Waals surface area (Å²) in [6, 6.07) is 6.98. The van der Waals surface area contributed by atoms with Crippen LogP contribution in [0.4, 0.5) is 9.18 Å². The third-order valence-electron chi connectivity index (χ3n) is 4.19. The van der Waals surface area contributed by atoms with Crippen molar-refractivity contribution in [3.05, 3.63) is 35.6 Å². The van der Waals surface area contributed by atoms with Crippen LogP contribution in [0.1, 0.15) is 44.2 Å². The van der Waals surface area contributed by atoms with Crippen molar-refractivity contribution in [1.82, 2.24) is 10.2 Å². The molecule has 0 radical (unpaired) electrons. The number of carbonyl (C=O) groups is 1. The van der Waals surface area contributed by atoms with Crippen LogP contribution in [0, 0.1) is 11.7 Å². The van der Waals surface area contributed by atoms with E-state index < -0.39 is 0 Å². The number of halogens is 1. The molecule has 108 valence electrons. The smallest absolute Gasteiger partial charge is 0.318 e. The number of urea groups is 1. The summed E-state index contributed by atoms with van der Waals surface area (Å²) >= 11 is 0. The van der Waals surface area contributed by atoms with Crippen molar-refractivity contribution in [2.75, 3.05) is 6.54 Å². The van der Waals surface area contributed by atoms with Crippen molar-refractivity contribution in [3.63, 3.8) is 0 Å². The molecule has 0 spiro atoms. The van der Waals surface area contributed by atoms with E-state index >= 15 is 0 Å². The summed E-state index contributed by atoms with van der Waals surface area (Å²) in [7, 11) is 0. The lowest BCUT2D eigenvalue weighted by atomic mass is 10.0. The van der Waals surface area contributed by atoms with Gasteiger partial charge in [-0.25, -0.2) is 9.18 Å². The fraction of sp³-hybridized carbons (Fsp3) is 0.562. The molecule has 1 N–H and O–H groups in total. The summed E-state index contributed by atoms with van der Waals surface area (Å²) in [6.45, 7) is 2.76. The molecule has 2 saturated carbocycles. The molecule has 0 unspecified atom stereocenters. The second-order valence-corrected chi connectivity index (χ2v) is 5.83. The standard InChI is InChI=1S/C16H21FN2O/c1-2-19(14-9-10-14)16(20)18-15(11-3-4-11)12-5-7-13(17)8-6-12/h5-8,11,14-15H,2-4,9-10H2,1H3,(H,18,20)/t15-/m0/s1. The zero-order valence-electron chi connectivity index (χ0n) is 11.8. The number of benzene rings is 1. The number of carbonyl (C=O) groups excluding carboxylic acids is 1. The van der Waals surface area contributed by atoms with E-state index in [0.717, 1.165) is 37.8 Å². The first-order valence-electron chi connectivity index (χ1n) is 7.51. The topological polar surface area (TPSA) is 32.3 Å². The van der Waals surface area contributed by atoms with E-state index in [1.54, 1.807) is 12.1 Å². The Morgan fingerprint density at radius 1 is 1.30 bits per heavy atom. The molecule has 1 aromatic carbocycles. The molecule has 1 aromatic rings. The van der Waals surface area contributed by atoms with Gasteiger partial charge in [-0.05, 0) is 56.2 Å². The summed E-state index contributed by atoms with van der Waals surface area (Å²) < 4.78 is 13.0. The van der Waals surface area contributed by atoms with Gasteiger partial charge in [0, 0.05) is 12.6 Å². The number of nitrogens with one attached hydrogen (secondary N) is 1. The van der Waals surface area contributed by atoms with Crippen LogP contribution < -0.4 is 5.32 Å². The number of hydrogen-bond acceptors (Lipinski definition) is 1. The second-order valence-electron chi connectivity index (χ2n) is 5.83. The normalized spacial score (nSPS) is 19.5. The Kier molecular flexibility index (Phi) is 3.64. The van der Waals surface area contributed by atoms with Crippen LogP contribution >= 0.6 is 0 Å². The second kappa shape index (κ2) is 5.43. The zero-order chi connectivity index (χ0) is 14.1. The summed E-state index contributed by atoms with van der Waals surface area (Å²) in [6.07, 6.45) is 4.51. The SMILES string of the molecule is CCN(C(=O)N[C@H](c1ccc(F)cc1)C1CC1)C1CC1. The Balaban J connectivity index is 1.71. The van der Waals surface area contributed by atoms with Gasteiger partial charge in [0.1, 0.15) is 5.82 Å². The molecule has 0 bridgehead atoms. The van der Waals surface area contributed by atoms with Crippen molar-refractivity contribution in [3.8, 4) is 0 Å². The summed E-state index contributed by atoms with van der Waals surface area (Å²) in [5, 5.41) is 3.15. The largest absolute Gasteiger partial charge is 0.331 e. The van der Waals surface area contributed by atoms with E-state index in [0.29, 0.717) is 12.0 Å². The number of amides is 2. The molecular weight excluding hydrogens is 255 g/mol. The van der Waals surface area contributed by atoms with E-state index in [-0.39, 0.29) is 17.9 Å². The predicted octanol–water partition coefficient (Wildman–Crippen LogP) is 3.47. The summed E-state index contributed by atoms with van der Waals surface area (Å²) in [5.74, 6) is 0.269. The molecule has 4 heteroatoms. The van der Waals surface area contributed by atoms with Crippen LogP contribution in [0.3, 0.4) is 0 Å². The molecule has 2 fully saturated rings. The molecule has 3 rings (SSSR count). The van der Waals surface area contributed by atoms with Crippen LogP contribution in [-0.2, 0) is 0 Å². The molecule has 1 atom stereocenters. The molecule has 20 heavy (non-hydrogen) atoms. The fourth-order valence-corrected chi connectivity index (χ4v) is 2.74. The molecule has 0 saturated heterocycles. The van der Waals surface area contributed by atoms with E-state index in [9.17, 15) is 9.18 Å². The van der Waals surface area contributed by atoms with Gasteiger partial charge in [0.15, 0.2) is 0 Å². The highest BCUT2D eigenvalue weighted by atomic mass is 19.1. The van der Waals surface area contributed by atoms with Crippen LogP contribution in [0.15, 0.2) is 24.3 Å². The lowest BCUT2D eigenvalue weighted by Crippen LogP contribution is -2.43. The summed E-state index contributed by atoms with van der Waals surface area (Å²) in [5.41, 5.74) is 1.01. The van der Waals surface area contributed by atoms with Gasteiger partial charge >= 0.3 is 6.03 Å². The maximum absolute atomic E-state index is 13.0. The Labute approximate surface area is 119 Å². The van der Waals surface area contributed by atoms with Crippen molar-refractivity contribution in [2.24, 2.45) is 5.92 Å². The van der Waals surface area contributed by atoms with Gasteiger partial charge in [0.2, 0.25) is 0 Å². The lowest BCUT2D eigenvalue weighted by Gasteiger charge is -2.26. The van der Waals surface area contributed by atoms with Crippen LogP contribution in [0.5, 0.6) is 0 Å². The first-order chi connectivity index (χ1) is 9.69. The van der Waals surface area contributed by atoms with Gasteiger partial charge in [-0.3, -0.25) is 0 Å². The minimum atomic E-state index is -0.234. The van der Waals surface area contributed by atoms with Crippen LogP contribution in [0.25, 0.3) is 0 Å². The highest BCUT2D eigenvalue weighted by molar-refractivity contribution is 5.75. The lowest BCUT2D eigenvalue weighted by molar-refractivity contribution is 0.192. The van der Waals surface area contributed by atoms with Gasteiger partial charge < -0.3 is 10.2 Å². The first kappa shape index (κ1) is 13.4. The molecule has 0 aromatic heterocycles. The Morgan fingerprint density at radius 3 is 2.45 bits per heavy atom. The van der Waals surface area contributed by atoms with Gasteiger partial charge in [-0.2, -0.15) is 0 Å². The van der Waals surface area contributed by atoms with E-state index in [4.69, 9.17) is 0 Å². The average Bonchev–Trinajstić information content (AvgIpc) is 3.30. The third-order valence-corrected chi connectivity index (χ3v) is 4.19. The maximum atomic E-state index is 13.0. The predicted molar refractivity (Wildman–Crippen MR) is 75.8 cm³/mol. The van der Waals surface area contributed by atoms with E-state index in [1.807, 2.05) is 11.8 Å². The minimum Gasteiger partial charge on any atom is -0.331 e. The molecule has 2 amide bonds. The monoisotopic (exact) mass is 276 g/mol. The Hall–Kier alpha value is -1.58. The van der Waals surface area contributed by atoms with Crippen LogP contribution in [0.2, 0.25) is 0 Å². The van der Waals surface area contributed by atoms with Gasteiger partial charge in [0.25, 0.3) is 0 Å². The zero-order valence-corrected chi connectivity index (χ0v) is 11.8. The van der Waals surface area contributed by atoms with Crippen molar-refractivity contribution in [1.29, 1.82) is 0 Å². The Bertz CT molecular complexity index is 480. The van der Waals surface area contributed by atoms with Crippen molar-refractivity contribution >= 4 is 6.03 Å². The van der Waals surface area contributed by atoms with E-state index in [2.05, 4.69) is 5.32 Å². The van der Waals surface area contributed by atoms with Crippen LogP contribution in [-0.4, -0.2) is 23.5 Å². The van der Waals surface area contributed by atoms with Gasteiger partial charge in [-0.15, -0.1) is 0 Å². The fourth-order valence-electron chi connectivity index (χ4n) is 2.74. The maximum Gasteiger partial charge on any atom is 0.318 e. The molecule has 3 nitrogen and oxygen atoms in total. The third kappa shape index (κ3) is 2.94. The quantitative estimate of drug-likeness (QED) is 0.877. The van der Waals surface area contributed by atoms with Crippen molar-refractivity contribution in [2.45, 2.75) is 44.7 Å².